The minimum absolute atomic E-state index is 0.0716. The summed E-state index contributed by atoms with van der Waals surface area (Å²) in [4.78, 5) is 38.7. The van der Waals surface area contributed by atoms with E-state index in [2.05, 4.69) is 17.4 Å². The largest absolute Gasteiger partial charge is 0.481 e. The number of carbonyl (C=O) groups excluding carboxylic acids is 2. The van der Waals surface area contributed by atoms with Crippen molar-refractivity contribution in [2.75, 3.05) is 26.4 Å². The molecule has 1 heterocycles. The maximum atomic E-state index is 13.2. The fourth-order valence-corrected chi connectivity index (χ4v) is 4.84. The van der Waals surface area contributed by atoms with E-state index < -0.39 is 24.1 Å². The topological polar surface area (TPSA) is 105 Å². The van der Waals surface area contributed by atoms with Gasteiger partial charge in [0.1, 0.15) is 12.6 Å². The number of fused-ring (bicyclic) bond motifs is 3. The molecule has 0 radical (unpaired) electrons. The van der Waals surface area contributed by atoms with E-state index in [9.17, 15) is 19.5 Å². The zero-order valence-electron chi connectivity index (χ0n) is 19.2. The van der Waals surface area contributed by atoms with Crippen LogP contribution in [0.15, 0.2) is 48.5 Å². The Morgan fingerprint density at radius 1 is 1.12 bits per heavy atom. The molecular formula is C26H30N2O6. The Kier molecular flexibility index (Phi) is 7.47. The number of ether oxygens (including phenoxy) is 2. The van der Waals surface area contributed by atoms with Gasteiger partial charge in [-0.1, -0.05) is 61.9 Å². The number of carboxylic acid groups (broad SMARTS) is 1. The first-order chi connectivity index (χ1) is 16.5. The highest BCUT2D eigenvalue weighted by Crippen LogP contribution is 2.44. The van der Waals surface area contributed by atoms with E-state index in [-0.39, 0.29) is 31.5 Å². The van der Waals surface area contributed by atoms with Crippen molar-refractivity contribution in [1.82, 2.24) is 10.2 Å². The van der Waals surface area contributed by atoms with Crippen molar-refractivity contribution >= 4 is 18.0 Å². The molecule has 4 rings (SSSR count). The Bertz CT molecular complexity index is 1010. The standard InChI is InChI=1S/C26H30N2O6/c1-2-7-23(25(31)28-12-13-33-15-17(28)14-24(29)30)27-26(32)34-16-22-20-10-5-3-8-18(20)19-9-4-6-11-21(19)22/h3-6,8-11,17,22-23H,2,7,12-16H2,1H3,(H,27,32)(H,29,30). The number of benzene rings is 2. The molecule has 2 aromatic carbocycles. The van der Waals surface area contributed by atoms with Gasteiger partial charge in [-0.15, -0.1) is 0 Å². The third kappa shape index (κ3) is 5.07. The van der Waals surface area contributed by atoms with Crippen LogP contribution in [0, 0.1) is 0 Å². The molecule has 1 aliphatic heterocycles. The van der Waals surface area contributed by atoms with Gasteiger partial charge in [-0.3, -0.25) is 9.59 Å². The molecule has 1 fully saturated rings. The molecule has 2 unspecified atom stereocenters. The lowest BCUT2D eigenvalue weighted by Crippen LogP contribution is -2.56. The van der Waals surface area contributed by atoms with Gasteiger partial charge in [-0.2, -0.15) is 0 Å². The van der Waals surface area contributed by atoms with Crippen LogP contribution in [0.4, 0.5) is 4.79 Å². The van der Waals surface area contributed by atoms with Crippen LogP contribution < -0.4 is 5.32 Å². The molecule has 1 aliphatic carbocycles. The summed E-state index contributed by atoms with van der Waals surface area (Å²) in [5.74, 6) is -1.37. The number of rotatable bonds is 8. The summed E-state index contributed by atoms with van der Waals surface area (Å²) in [5, 5.41) is 11.9. The summed E-state index contributed by atoms with van der Waals surface area (Å²) in [6.07, 6.45) is 0.251. The first-order valence-electron chi connectivity index (χ1n) is 11.7. The Hall–Kier alpha value is -3.39. The third-order valence-electron chi connectivity index (χ3n) is 6.43. The Labute approximate surface area is 198 Å². The fourth-order valence-electron chi connectivity index (χ4n) is 4.84. The quantitative estimate of drug-likeness (QED) is 0.618. The highest BCUT2D eigenvalue weighted by Gasteiger charge is 2.34. The van der Waals surface area contributed by atoms with Gasteiger partial charge in [-0.25, -0.2) is 4.79 Å². The second-order valence-electron chi connectivity index (χ2n) is 8.67. The number of alkyl carbamates (subject to hydrolysis) is 1. The van der Waals surface area contributed by atoms with Crippen molar-refractivity contribution in [2.24, 2.45) is 0 Å². The minimum Gasteiger partial charge on any atom is -0.481 e. The van der Waals surface area contributed by atoms with Gasteiger partial charge in [0.2, 0.25) is 5.91 Å². The van der Waals surface area contributed by atoms with Crippen molar-refractivity contribution in [2.45, 2.75) is 44.2 Å². The zero-order chi connectivity index (χ0) is 24.1. The number of carbonyl (C=O) groups is 3. The van der Waals surface area contributed by atoms with Crippen LogP contribution in [0.1, 0.15) is 43.2 Å². The van der Waals surface area contributed by atoms with E-state index in [0.29, 0.717) is 26.0 Å². The van der Waals surface area contributed by atoms with Gasteiger partial charge < -0.3 is 24.8 Å². The van der Waals surface area contributed by atoms with E-state index in [4.69, 9.17) is 9.47 Å². The van der Waals surface area contributed by atoms with Gasteiger partial charge in [0.05, 0.1) is 25.7 Å². The fraction of sp³-hybridized carbons (Fsp3) is 0.423. The van der Waals surface area contributed by atoms with E-state index in [1.165, 1.54) is 4.90 Å². The van der Waals surface area contributed by atoms with Gasteiger partial charge >= 0.3 is 12.1 Å². The lowest BCUT2D eigenvalue weighted by Gasteiger charge is -2.37. The summed E-state index contributed by atoms with van der Waals surface area (Å²) in [7, 11) is 0. The molecule has 2 amide bonds. The number of aliphatic carboxylic acids is 1. The Morgan fingerprint density at radius 2 is 1.76 bits per heavy atom. The number of nitrogens with one attached hydrogen (secondary N) is 1. The van der Waals surface area contributed by atoms with E-state index >= 15 is 0 Å². The van der Waals surface area contributed by atoms with Crippen molar-refractivity contribution in [3.05, 3.63) is 59.7 Å². The molecule has 0 saturated carbocycles. The first kappa shape index (κ1) is 23.8. The average Bonchev–Trinajstić information content (AvgIpc) is 3.16. The van der Waals surface area contributed by atoms with Gasteiger partial charge in [-0.05, 0) is 28.7 Å². The number of hydrogen-bond acceptors (Lipinski definition) is 5. The molecule has 2 N–H and O–H groups in total. The van der Waals surface area contributed by atoms with E-state index in [1.54, 1.807) is 0 Å². The summed E-state index contributed by atoms with van der Waals surface area (Å²) >= 11 is 0. The normalized spacial score (nSPS) is 18.0. The molecule has 2 aliphatic rings. The summed E-state index contributed by atoms with van der Waals surface area (Å²) in [6.45, 7) is 2.89. The SMILES string of the molecule is CCCC(NC(=O)OCC1c2ccccc2-c2ccccc21)C(=O)N1CCOCC1CC(=O)O. The third-order valence-corrected chi connectivity index (χ3v) is 6.43. The van der Waals surface area contributed by atoms with Crippen LogP contribution in [0.3, 0.4) is 0 Å². The second kappa shape index (κ2) is 10.7. The molecule has 2 aromatic rings. The summed E-state index contributed by atoms with van der Waals surface area (Å²) in [6, 6.07) is 14.8. The van der Waals surface area contributed by atoms with Crippen molar-refractivity contribution < 1.29 is 29.0 Å². The summed E-state index contributed by atoms with van der Waals surface area (Å²) in [5.41, 5.74) is 4.51. The van der Waals surface area contributed by atoms with Crippen LogP contribution in [0.5, 0.6) is 0 Å². The number of carboxylic acids is 1. The number of amides is 2. The van der Waals surface area contributed by atoms with Gasteiger partial charge in [0.15, 0.2) is 0 Å². The molecule has 180 valence electrons. The zero-order valence-corrected chi connectivity index (χ0v) is 19.2. The molecule has 8 nitrogen and oxygen atoms in total. The maximum absolute atomic E-state index is 13.2. The minimum atomic E-state index is -0.996. The van der Waals surface area contributed by atoms with Gasteiger partial charge in [0, 0.05) is 12.5 Å². The number of hydrogen-bond donors (Lipinski definition) is 2. The van der Waals surface area contributed by atoms with Crippen molar-refractivity contribution in [3.63, 3.8) is 0 Å². The average molecular weight is 467 g/mol. The number of nitrogens with zero attached hydrogens (tertiary/aromatic N) is 1. The second-order valence-corrected chi connectivity index (χ2v) is 8.67. The van der Waals surface area contributed by atoms with Crippen LogP contribution in [0.2, 0.25) is 0 Å². The monoisotopic (exact) mass is 466 g/mol. The van der Waals surface area contributed by atoms with Crippen LogP contribution >= 0.6 is 0 Å². The highest BCUT2D eigenvalue weighted by atomic mass is 16.5. The highest BCUT2D eigenvalue weighted by molar-refractivity contribution is 5.86. The summed E-state index contributed by atoms with van der Waals surface area (Å²) < 4.78 is 11.0. The van der Waals surface area contributed by atoms with Crippen LogP contribution in [-0.2, 0) is 19.1 Å². The molecule has 0 aromatic heterocycles. The molecule has 0 bridgehead atoms. The molecule has 0 spiro atoms. The van der Waals surface area contributed by atoms with Crippen LogP contribution in [-0.4, -0.2) is 66.4 Å². The van der Waals surface area contributed by atoms with Crippen LogP contribution in [0.25, 0.3) is 11.1 Å². The molecule has 8 heteroatoms. The van der Waals surface area contributed by atoms with Crippen molar-refractivity contribution in [3.8, 4) is 11.1 Å². The van der Waals surface area contributed by atoms with Gasteiger partial charge in [0.25, 0.3) is 0 Å². The first-order valence-corrected chi connectivity index (χ1v) is 11.7. The lowest BCUT2D eigenvalue weighted by molar-refractivity contribution is -0.147. The molecule has 2 atom stereocenters. The van der Waals surface area contributed by atoms with E-state index in [0.717, 1.165) is 22.3 Å². The lowest BCUT2D eigenvalue weighted by atomic mass is 9.98. The molecule has 34 heavy (non-hydrogen) atoms. The Morgan fingerprint density at radius 3 is 2.38 bits per heavy atom. The number of morpholine rings is 1. The molecule has 1 saturated heterocycles. The Balaban J connectivity index is 1.42. The van der Waals surface area contributed by atoms with Crippen molar-refractivity contribution in [1.29, 1.82) is 0 Å². The molecular weight excluding hydrogens is 436 g/mol. The predicted octanol–water partition coefficient (Wildman–Crippen LogP) is 3.40. The predicted molar refractivity (Wildman–Crippen MR) is 125 cm³/mol. The smallest absolute Gasteiger partial charge is 0.407 e. The van der Waals surface area contributed by atoms with E-state index in [1.807, 2.05) is 43.3 Å². The maximum Gasteiger partial charge on any atom is 0.407 e.